The highest BCUT2D eigenvalue weighted by Gasteiger charge is 2.30. The predicted molar refractivity (Wildman–Crippen MR) is 139 cm³/mol. The minimum Gasteiger partial charge on any atom is -0.480 e. The lowest BCUT2D eigenvalue weighted by Gasteiger charge is -2.28. The fraction of sp³-hybridized carbons (Fsp3) is 0.600. The molecule has 2 rings (SSSR count). The zero-order chi connectivity index (χ0) is 26.5. The Morgan fingerprint density at radius 1 is 0.972 bits per heavy atom. The van der Waals surface area contributed by atoms with Crippen LogP contribution in [-0.4, -0.2) is 90.8 Å². The van der Waals surface area contributed by atoms with Gasteiger partial charge in [-0.25, -0.2) is 4.79 Å². The molecule has 3 amide bonds. The van der Waals surface area contributed by atoms with Crippen LogP contribution >= 0.6 is 9.24 Å². The Morgan fingerprint density at radius 2 is 1.58 bits per heavy atom. The summed E-state index contributed by atoms with van der Waals surface area (Å²) in [6.45, 7) is 6.39. The molecular weight excluding hydrogens is 483 g/mol. The number of carbonyl (C=O) groups is 4. The molecular formula is C25H39N4O6P. The molecule has 0 spiro atoms. The van der Waals surface area contributed by atoms with E-state index in [9.17, 15) is 24.3 Å². The van der Waals surface area contributed by atoms with E-state index in [1.807, 2.05) is 49.1 Å². The SMILES string of the molecule is CC(C)C[C@H](NC(=O)[C@H](CCc1ccccc1)NC(=O)CN1CCOCC1)C(=O)N[C@@H](CP)C(=O)O. The van der Waals surface area contributed by atoms with Gasteiger partial charge in [0.15, 0.2) is 0 Å². The lowest BCUT2D eigenvalue weighted by atomic mass is 10.0. The van der Waals surface area contributed by atoms with Gasteiger partial charge in [-0.2, -0.15) is 0 Å². The Balaban J connectivity index is 2.11. The van der Waals surface area contributed by atoms with Crippen molar-refractivity contribution in [2.24, 2.45) is 5.92 Å². The third-order valence-electron chi connectivity index (χ3n) is 5.88. The normalized spacial score (nSPS) is 16.6. The zero-order valence-corrected chi connectivity index (χ0v) is 22.2. The molecule has 0 radical (unpaired) electrons. The van der Waals surface area contributed by atoms with Crippen molar-refractivity contribution in [3.05, 3.63) is 35.9 Å². The zero-order valence-electron chi connectivity index (χ0n) is 21.1. The van der Waals surface area contributed by atoms with Gasteiger partial charge in [-0.15, -0.1) is 9.24 Å². The first-order valence-electron chi connectivity index (χ1n) is 12.4. The number of benzene rings is 1. The number of ether oxygens (including phenoxy) is 1. The van der Waals surface area contributed by atoms with Crippen LogP contribution in [0, 0.1) is 5.92 Å². The van der Waals surface area contributed by atoms with Gasteiger partial charge < -0.3 is 25.8 Å². The summed E-state index contributed by atoms with van der Waals surface area (Å²) < 4.78 is 5.32. The Labute approximate surface area is 215 Å². The number of hydrogen-bond donors (Lipinski definition) is 4. The molecule has 36 heavy (non-hydrogen) atoms. The van der Waals surface area contributed by atoms with Gasteiger partial charge >= 0.3 is 5.97 Å². The van der Waals surface area contributed by atoms with Crippen molar-refractivity contribution in [1.82, 2.24) is 20.9 Å². The number of carbonyl (C=O) groups excluding carboxylic acids is 3. The van der Waals surface area contributed by atoms with Crippen LogP contribution in [0.3, 0.4) is 0 Å². The summed E-state index contributed by atoms with van der Waals surface area (Å²) in [7, 11) is 2.30. The molecule has 11 heteroatoms. The van der Waals surface area contributed by atoms with E-state index in [1.165, 1.54) is 0 Å². The summed E-state index contributed by atoms with van der Waals surface area (Å²) in [6, 6.07) is 6.79. The highest BCUT2D eigenvalue weighted by atomic mass is 31.0. The van der Waals surface area contributed by atoms with Crippen molar-refractivity contribution in [2.45, 2.75) is 51.2 Å². The smallest absolute Gasteiger partial charge is 0.326 e. The van der Waals surface area contributed by atoms with E-state index in [-0.39, 0.29) is 24.5 Å². The second kappa shape index (κ2) is 15.5. The second-order valence-electron chi connectivity index (χ2n) is 9.36. The fourth-order valence-corrected chi connectivity index (χ4v) is 4.22. The van der Waals surface area contributed by atoms with Gasteiger partial charge in [0.2, 0.25) is 17.7 Å². The van der Waals surface area contributed by atoms with E-state index < -0.39 is 35.9 Å². The molecule has 0 aliphatic carbocycles. The van der Waals surface area contributed by atoms with E-state index in [1.54, 1.807) is 0 Å². The Hall–Kier alpha value is -2.55. The molecule has 200 valence electrons. The van der Waals surface area contributed by atoms with E-state index in [4.69, 9.17) is 4.74 Å². The lowest BCUT2D eigenvalue weighted by Crippen LogP contribution is -2.57. The number of hydrogen-bond acceptors (Lipinski definition) is 6. The maximum absolute atomic E-state index is 13.3. The molecule has 0 aromatic heterocycles. The van der Waals surface area contributed by atoms with Crippen molar-refractivity contribution in [3.63, 3.8) is 0 Å². The average Bonchev–Trinajstić information content (AvgIpc) is 2.85. The third kappa shape index (κ3) is 10.6. The quantitative estimate of drug-likeness (QED) is 0.260. The summed E-state index contributed by atoms with van der Waals surface area (Å²) >= 11 is 0. The number of carboxylic acids is 1. The maximum Gasteiger partial charge on any atom is 0.326 e. The molecule has 1 aromatic carbocycles. The number of aliphatic carboxylic acids is 1. The standard InChI is InChI=1S/C25H39N4O6P/c1-17(2)14-20(24(32)28-21(16-36)25(33)34)27-23(31)19(9-8-18-6-4-3-5-7-18)26-22(30)15-29-10-12-35-13-11-29/h3-7,17,19-21H,8-16,36H2,1-2H3,(H,26,30)(H,27,31)(H,28,32)(H,33,34)/t19-,20-,21-/m0/s1. The van der Waals surface area contributed by atoms with Gasteiger partial charge in [0, 0.05) is 13.1 Å². The second-order valence-corrected chi connectivity index (χ2v) is 9.83. The molecule has 0 saturated carbocycles. The first kappa shape index (κ1) is 29.7. The van der Waals surface area contributed by atoms with E-state index in [0.29, 0.717) is 45.6 Å². The fourth-order valence-electron chi connectivity index (χ4n) is 3.90. The van der Waals surface area contributed by atoms with Crippen molar-refractivity contribution in [1.29, 1.82) is 0 Å². The van der Waals surface area contributed by atoms with Crippen molar-refractivity contribution < 1.29 is 29.0 Å². The van der Waals surface area contributed by atoms with Crippen molar-refractivity contribution in [3.8, 4) is 0 Å². The number of nitrogens with zero attached hydrogens (tertiary/aromatic N) is 1. The minimum atomic E-state index is -1.15. The van der Waals surface area contributed by atoms with Crippen LogP contribution in [0.4, 0.5) is 0 Å². The summed E-state index contributed by atoms with van der Waals surface area (Å²) in [5.41, 5.74) is 1.03. The third-order valence-corrected chi connectivity index (χ3v) is 6.35. The molecule has 1 unspecified atom stereocenters. The maximum atomic E-state index is 13.3. The van der Waals surface area contributed by atoms with Gasteiger partial charge in [0.1, 0.15) is 18.1 Å². The summed E-state index contributed by atoms with van der Waals surface area (Å²) in [5, 5.41) is 17.4. The molecule has 1 aliphatic heterocycles. The monoisotopic (exact) mass is 522 g/mol. The first-order chi connectivity index (χ1) is 17.2. The number of rotatable bonds is 14. The highest BCUT2D eigenvalue weighted by Crippen LogP contribution is 2.10. The predicted octanol–water partition coefficient (Wildman–Crippen LogP) is 0.412. The van der Waals surface area contributed by atoms with Crippen LogP contribution in [0.2, 0.25) is 0 Å². The van der Waals surface area contributed by atoms with Crippen LogP contribution in [0.25, 0.3) is 0 Å². The molecule has 4 N–H and O–H groups in total. The van der Waals surface area contributed by atoms with Crippen molar-refractivity contribution in [2.75, 3.05) is 39.0 Å². The average molecular weight is 523 g/mol. The Morgan fingerprint density at radius 3 is 2.17 bits per heavy atom. The van der Waals surface area contributed by atoms with Crippen LogP contribution in [0.15, 0.2) is 30.3 Å². The van der Waals surface area contributed by atoms with Crippen LogP contribution in [-0.2, 0) is 30.3 Å². The lowest BCUT2D eigenvalue weighted by molar-refractivity contribution is -0.141. The number of morpholine rings is 1. The van der Waals surface area contributed by atoms with E-state index in [2.05, 4.69) is 25.2 Å². The highest BCUT2D eigenvalue weighted by molar-refractivity contribution is 7.16. The molecule has 1 heterocycles. The summed E-state index contributed by atoms with van der Waals surface area (Å²) in [4.78, 5) is 52.3. The topological polar surface area (TPSA) is 137 Å². The summed E-state index contributed by atoms with van der Waals surface area (Å²) in [6.07, 6.45) is 1.38. The van der Waals surface area contributed by atoms with Gasteiger partial charge in [-0.1, -0.05) is 44.2 Å². The molecule has 1 fully saturated rings. The number of aryl methyl sites for hydroxylation is 1. The summed E-state index contributed by atoms with van der Waals surface area (Å²) in [5.74, 6) is -2.39. The molecule has 1 aromatic rings. The molecule has 1 saturated heterocycles. The van der Waals surface area contributed by atoms with Crippen molar-refractivity contribution >= 4 is 32.9 Å². The molecule has 0 bridgehead atoms. The molecule has 1 aliphatic rings. The molecule has 4 atom stereocenters. The van der Waals surface area contributed by atoms with Gasteiger partial charge in [0.25, 0.3) is 0 Å². The van der Waals surface area contributed by atoms with Crippen LogP contribution in [0.1, 0.15) is 32.3 Å². The van der Waals surface area contributed by atoms with Crippen LogP contribution in [0.5, 0.6) is 0 Å². The van der Waals surface area contributed by atoms with Gasteiger partial charge in [0.05, 0.1) is 19.8 Å². The number of amides is 3. The van der Waals surface area contributed by atoms with E-state index >= 15 is 0 Å². The van der Waals surface area contributed by atoms with Crippen LogP contribution < -0.4 is 16.0 Å². The van der Waals surface area contributed by atoms with Gasteiger partial charge in [-0.05, 0) is 36.9 Å². The van der Waals surface area contributed by atoms with Gasteiger partial charge in [-0.3, -0.25) is 19.3 Å². The molecule has 10 nitrogen and oxygen atoms in total. The van der Waals surface area contributed by atoms with E-state index in [0.717, 1.165) is 5.56 Å². The largest absolute Gasteiger partial charge is 0.480 e. The Kier molecular flexibility index (Phi) is 12.8. The first-order valence-corrected chi connectivity index (χ1v) is 13.2. The Bertz CT molecular complexity index is 863. The minimum absolute atomic E-state index is 0.0685. The number of carboxylic acid groups (broad SMARTS) is 1. The number of nitrogens with one attached hydrogen (secondary N) is 3.